The van der Waals surface area contributed by atoms with Crippen LogP contribution in [0.4, 0.5) is 4.39 Å². The molecule has 0 amide bonds. The van der Waals surface area contributed by atoms with E-state index < -0.39 is 0 Å². The molecule has 2 aliphatic rings. The van der Waals surface area contributed by atoms with Crippen LogP contribution in [0.5, 0.6) is 17.2 Å². The summed E-state index contributed by atoms with van der Waals surface area (Å²) in [5.41, 5.74) is 4.06. The van der Waals surface area contributed by atoms with Gasteiger partial charge in [-0.05, 0) is 42.8 Å². The number of methoxy groups -OCH3 is 1. The van der Waals surface area contributed by atoms with E-state index in [1.54, 1.807) is 25.3 Å². The van der Waals surface area contributed by atoms with Gasteiger partial charge in [0.05, 0.1) is 12.7 Å². The summed E-state index contributed by atoms with van der Waals surface area (Å²) in [7, 11) is 1.59. The van der Waals surface area contributed by atoms with Gasteiger partial charge < -0.3 is 14.2 Å². The molecule has 0 aliphatic carbocycles. The van der Waals surface area contributed by atoms with Crippen LogP contribution in [-0.2, 0) is 13.1 Å². The Morgan fingerprint density at radius 3 is 2.69 bits per heavy atom. The van der Waals surface area contributed by atoms with E-state index in [-0.39, 0.29) is 17.4 Å². The summed E-state index contributed by atoms with van der Waals surface area (Å²) in [6.07, 6.45) is 1.71. The second-order valence-corrected chi connectivity index (χ2v) is 7.94. The van der Waals surface area contributed by atoms with Gasteiger partial charge in [0.25, 0.3) is 0 Å². The third kappa shape index (κ3) is 3.63. The van der Waals surface area contributed by atoms with Crippen molar-refractivity contribution in [1.82, 2.24) is 4.90 Å². The van der Waals surface area contributed by atoms with Crippen molar-refractivity contribution in [3.63, 3.8) is 0 Å². The molecule has 0 bridgehead atoms. The fraction of sp³-hybridized carbons (Fsp3) is 0.192. The fourth-order valence-corrected chi connectivity index (χ4v) is 4.17. The zero-order valence-corrected chi connectivity index (χ0v) is 17.9. The molecule has 3 aromatic carbocycles. The van der Waals surface area contributed by atoms with Gasteiger partial charge in [0.2, 0.25) is 5.78 Å². The van der Waals surface area contributed by atoms with Crippen LogP contribution in [0.3, 0.4) is 0 Å². The minimum atomic E-state index is -0.254. The molecule has 6 heteroatoms. The quantitative estimate of drug-likeness (QED) is 0.537. The molecule has 0 aromatic heterocycles. The number of para-hydroxylation sites is 1. The Balaban J connectivity index is 1.42. The minimum Gasteiger partial charge on any atom is -0.496 e. The predicted molar refractivity (Wildman–Crippen MR) is 118 cm³/mol. The topological polar surface area (TPSA) is 48.0 Å². The third-order valence-electron chi connectivity index (χ3n) is 5.75. The first-order valence-corrected chi connectivity index (χ1v) is 10.4. The average Bonchev–Trinajstić information content (AvgIpc) is 3.11. The van der Waals surface area contributed by atoms with Crippen molar-refractivity contribution in [2.45, 2.75) is 20.0 Å². The molecule has 0 fully saturated rings. The zero-order chi connectivity index (χ0) is 22.2. The normalized spacial score (nSPS) is 16.3. The highest BCUT2D eigenvalue weighted by Gasteiger charge is 2.33. The third-order valence-corrected chi connectivity index (χ3v) is 5.75. The van der Waals surface area contributed by atoms with Crippen LogP contribution >= 0.6 is 0 Å². The Bertz CT molecular complexity index is 1230. The molecule has 2 heterocycles. The number of nitrogens with zero attached hydrogens (tertiary/aromatic N) is 1. The lowest BCUT2D eigenvalue weighted by atomic mass is 9.99. The number of benzene rings is 3. The van der Waals surface area contributed by atoms with Crippen molar-refractivity contribution in [3.05, 3.63) is 94.0 Å². The Hall–Kier alpha value is -3.64. The number of allylic oxidation sites excluding steroid dienone is 1. The Morgan fingerprint density at radius 1 is 1.12 bits per heavy atom. The highest BCUT2D eigenvalue weighted by atomic mass is 19.1. The van der Waals surface area contributed by atoms with Gasteiger partial charge >= 0.3 is 0 Å². The number of Topliss-reactive ketones (excluding diaryl/α,β-unsaturated/α-hetero) is 1. The molecule has 32 heavy (non-hydrogen) atoms. The molecule has 5 nitrogen and oxygen atoms in total. The van der Waals surface area contributed by atoms with Crippen molar-refractivity contribution in [2.75, 3.05) is 13.8 Å². The predicted octanol–water partition coefficient (Wildman–Crippen LogP) is 5.11. The zero-order valence-electron chi connectivity index (χ0n) is 17.9. The van der Waals surface area contributed by atoms with Crippen LogP contribution in [0.1, 0.15) is 32.6 Å². The maximum absolute atomic E-state index is 13.2. The number of carbonyl (C=O) groups excluding carboxylic acids is 1. The highest BCUT2D eigenvalue weighted by Crippen LogP contribution is 2.43. The molecule has 0 spiro atoms. The van der Waals surface area contributed by atoms with Crippen LogP contribution in [0.25, 0.3) is 6.08 Å². The van der Waals surface area contributed by atoms with Gasteiger partial charge in [0.1, 0.15) is 29.8 Å². The van der Waals surface area contributed by atoms with E-state index in [0.29, 0.717) is 36.9 Å². The number of hydrogen-bond acceptors (Lipinski definition) is 5. The molecule has 162 valence electrons. The Kier molecular flexibility index (Phi) is 5.15. The molecule has 5 rings (SSSR count). The van der Waals surface area contributed by atoms with E-state index >= 15 is 0 Å². The van der Waals surface area contributed by atoms with E-state index in [1.165, 1.54) is 12.1 Å². The smallest absolute Gasteiger partial charge is 0.231 e. The molecule has 3 aromatic rings. The molecular weight excluding hydrogens is 409 g/mol. The molecule has 0 saturated carbocycles. The molecule has 0 atom stereocenters. The van der Waals surface area contributed by atoms with Gasteiger partial charge in [-0.1, -0.05) is 30.3 Å². The summed E-state index contributed by atoms with van der Waals surface area (Å²) < 4.78 is 30.6. The molecule has 2 aliphatic heterocycles. The summed E-state index contributed by atoms with van der Waals surface area (Å²) in [6, 6.07) is 15.8. The van der Waals surface area contributed by atoms with Crippen LogP contribution in [-0.4, -0.2) is 24.5 Å². The van der Waals surface area contributed by atoms with Crippen molar-refractivity contribution in [3.8, 4) is 17.2 Å². The first kappa shape index (κ1) is 20.3. The minimum absolute atomic E-state index is 0.160. The van der Waals surface area contributed by atoms with Crippen LogP contribution in [0.15, 0.2) is 60.4 Å². The van der Waals surface area contributed by atoms with Gasteiger partial charge in [-0.15, -0.1) is 0 Å². The summed E-state index contributed by atoms with van der Waals surface area (Å²) >= 11 is 0. The van der Waals surface area contributed by atoms with Gasteiger partial charge in [-0.3, -0.25) is 9.69 Å². The van der Waals surface area contributed by atoms with Crippen molar-refractivity contribution in [2.24, 2.45) is 0 Å². The number of rotatable bonds is 4. The first-order valence-electron chi connectivity index (χ1n) is 10.4. The van der Waals surface area contributed by atoms with Crippen LogP contribution in [0, 0.1) is 12.7 Å². The van der Waals surface area contributed by atoms with Gasteiger partial charge in [-0.2, -0.15) is 0 Å². The fourth-order valence-electron chi connectivity index (χ4n) is 4.17. The van der Waals surface area contributed by atoms with Gasteiger partial charge in [-0.25, -0.2) is 4.39 Å². The van der Waals surface area contributed by atoms with Crippen molar-refractivity contribution < 1.29 is 23.4 Å². The Labute approximate surface area is 185 Å². The molecule has 0 saturated heterocycles. The number of fused-ring (bicyclic) bond motifs is 2. The lowest BCUT2D eigenvalue weighted by Gasteiger charge is -2.30. The average molecular weight is 431 g/mol. The summed E-state index contributed by atoms with van der Waals surface area (Å²) in [5, 5.41) is 0. The van der Waals surface area contributed by atoms with Crippen LogP contribution in [0.2, 0.25) is 0 Å². The van der Waals surface area contributed by atoms with E-state index in [9.17, 15) is 9.18 Å². The molecule has 0 radical (unpaired) electrons. The van der Waals surface area contributed by atoms with E-state index in [0.717, 1.165) is 28.0 Å². The van der Waals surface area contributed by atoms with Crippen molar-refractivity contribution in [1.29, 1.82) is 0 Å². The highest BCUT2D eigenvalue weighted by molar-refractivity contribution is 6.15. The largest absolute Gasteiger partial charge is 0.496 e. The number of halogens is 1. The second kappa shape index (κ2) is 8.13. The number of ketones is 1. The number of carbonyl (C=O) groups is 1. The van der Waals surface area contributed by atoms with Crippen molar-refractivity contribution >= 4 is 11.9 Å². The maximum atomic E-state index is 13.2. The van der Waals surface area contributed by atoms with E-state index in [4.69, 9.17) is 14.2 Å². The molecular formula is C26H22FNO4. The SMILES string of the molecule is COc1ccccc1/C=C1\Oc2c(cc3c(c2C)OCN(Cc2ccc(F)cc2)C3)C1=O. The molecule has 0 N–H and O–H groups in total. The number of hydrogen-bond donors (Lipinski definition) is 0. The summed E-state index contributed by atoms with van der Waals surface area (Å²) in [6.45, 7) is 3.56. The summed E-state index contributed by atoms with van der Waals surface area (Å²) in [5.74, 6) is 1.82. The van der Waals surface area contributed by atoms with Gasteiger partial charge in [0.15, 0.2) is 5.76 Å². The first-order chi connectivity index (χ1) is 15.5. The van der Waals surface area contributed by atoms with E-state index in [2.05, 4.69) is 4.90 Å². The summed E-state index contributed by atoms with van der Waals surface area (Å²) in [4.78, 5) is 15.2. The van der Waals surface area contributed by atoms with Gasteiger partial charge in [0, 0.05) is 29.8 Å². The lowest BCUT2D eigenvalue weighted by molar-refractivity contribution is 0.0876. The monoisotopic (exact) mass is 431 g/mol. The Morgan fingerprint density at radius 2 is 1.91 bits per heavy atom. The van der Waals surface area contributed by atoms with E-state index in [1.807, 2.05) is 37.3 Å². The number of ether oxygens (including phenoxy) is 3. The standard InChI is InChI=1S/C26H22FNO4/c1-16-25-19(14-28(15-31-25)13-17-7-9-20(27)10-8-17)11-21-24(29)23(32-26(16)21)12-18-5-3-4-6-22(18)30-2/h3-12H,13-15H2,1-2H3/b23-12-. The van der Waals surface area contributed by atoms with Crippen LogP contribution < -0.4 is 14.2 Å². The molecule has 0 unspecified atom stereocenters. The lowest BCUT2D eigenvalue weighted by Crippen LogP contribution is -2.32. The maximum Gasteiger partial charge on any atom is 0.231 e. The second-order valence-electron chi connectivity index (χ2n) is 7.94.